The summed E-state index contributed by atoms with van der Waals surface area (Å²) >= 11 is 0. The van der Waals surface area contributed by atoms with E-state index < -0.39 is 0 Å². The Morgan fingerprint density at radius 2 is 2.05 bits per heavy atom. The molecule has 102 valence electrons. The summed E-state index contributed by atoms with van der Waals surface area (Å²) in [5.41, 5.74) is 1.06. The number of aromatic nitrogens is 3. The summed E-state index contributed by atoms with van der Waals surface area (Å²) < 4.78 is 3.40. The first kappa shape index (κ1) is 13.4. The van der Waals surface area contributed by atoms with E-state index in [2.05, 4.69) is 17.2 Å². The van der Waals surface area contributed by atoms with Crippen LogP contribution in [-0.2, 0) is 13.1 Å². The number of hydrogen-bond acceptors (Lipinski definition) is 3. The molecule has 0 atom stereocenters. The van der Waals surface area contributed by atoms with Crippen molar-refractivity contribution in [2.24, 2.45) is 0 Å². The molecule has 0 aromatic carbocycles. The average molecular weight is 260 g/mol. The molecule has 0 aliphatic carbocycles. The van der Waals surface area contributed by atoms with Gasteiger partial charge in [0.1, 0.15) is 5.82 Å². The Bertz CT molecular complexity index is 585. The van der Waals surface area contributed by atoms with Crippen LogP contribution in [0.25, 0.3) is 0 Å². The molecule has 0 saturated carbocycles. The second kappa shape index (κ2) is 6.22. The van der Waals surface area contributed by atoms with Crippen molar-refractivity contribution in [3.8, 4) is 0 Å². The molecule has 5 heteroatoms. The van der Waals surface area contributed by atoms with Gasteiger partial charge in [0.25, 0.3) is 0 Å². The minimum Gasteiger partial charge on any atom is -0.370 e. The third-order valence-corrected chi connectivity index (χ3v) is 3.03. The van der Waals surface area contributed by atoms with Crippen molar-refractivity contribution < 1.29 is 0 Å². The molecule has 0 spiro atoms. The Balaban J connectivity index is 2.22. The van der Waals surface area contributed by atoms with Crippen LogP contribution in [0.5, 0.6) is 0 Å². The fraction of sp³-hybridized carbons (Fsp3) is 0.429. The van der Waals surface area contributed by atoms with Crippen molar-refractivity contribution in [3.63, 3.8) is 0 Å². The highest BCUT2D eigenvalue weighted by Gasteiger charge is 2.06. The molecule has 0 amide bonds. The van der Waals surface area contributed by atoms with E-state index in [9.17, 15) is 4.79 Å². The lowest BCUT2D eigenvalue weighted by molar-refractivity contribution is 0.668. The summed E-state index contributed by atoms with van der Waals surface area (Å²) in [7, 11) is 0. The molecule has 2 rings (SSSR count). The van der Waals surface area contributed by atoms with Crippen LogP contribution in [0, 0.1) is 0 Å². The lowest BCUT2D eigenvalue weighted by Gasteiger charge is -2.10. The maximum absolute atomic E-state index is 12.0. The van der Waals surface area contributed by atoms with Crippen molar-refractivity contribution in [2.75, 3.05) is 11.9 Å². The summed E-state index contributed by atoms with van der Waals surface area (Å²) in [5.74, 6) is 0.862. The van der Waals surface area contributed by atoms with Crippen LogP contribution < -0.4 is 11.0 Å². The normalized spacial score (nSPS) is 10.6. The van der Waals surface area contributed by atoms with Gasteiger partial charge in [-0.25, -0.2) is 9.78 Å². The summed E-state index contributed by atoms with van der Waals surface area (Å²) in [4.78, 5) is 16.4. The number of aryl methyl sites for hydroxylation is 1. The minimum atomic E-state index is 0.0211. The number of nitrogens with one attached hydrogen (secondary N) is 1. The predicted molar refractivity (Wildman–Crippen MR) is 76.5 cm³/mol. The van der Waals surface area contributed by atoms with Crippen molar-refractivity contribution in [3.05, 3.63) is 46.8 Å². The van der Waals surface area contributed by atoms with Crippen molar-refractivity contribution in [1.29, 1.82) is 0 Å². The Morgan fingerprint density at radius 3 is 2.74 bits per heavy atom. The van der Waals surface area contributed by atoms with E-state index in [0.717, 1.165) is 24.3 Å². The van der Waals surface area contributed by atoms with Gasteiger partial charge in [0.05, 0.1) is 6.54 Å². The van der Waals surface area contributed by atoms with Gasteiger partial charge in [-0.15, -0.1) is 0 Å². The first-order valence-electron chi connectivity index (χ1n) is 6.69. The van der Waals surface area contributed by atoms with Crippen LogP contribution in [0.4, 0.5) is 5.82 Å². The lowest BCUT2D eigenvalue weighted by Crippen LogP contribution is -2.24. The molecule has 1 N–H and O–H groups in total. The number of hydrogen-bond donors (Lipinski definition) is 1. The smallest absolute Gasteiger partial charge is 0.328 e. The van der Waals surface area contributed by atoms with Gasteiger partial charge < -0.3 is 5.32 Å². The standard InChI is InChI=1S/C14H20N4O/c1-3-7-15-13-12(6-5-8-16-13)11-18-10-9-17(4-2)14(18)19/h5-6,8-10H,3-4,7,11H2,1-2H3,(H,15,16). The number of pyridine rings is 1. The van der Waals surface area contributed by atoms with Crippen LogP contribution in [0.1, 0.15) is 25.8 Å². The molecular formula is C14H20N4O. The number of anilines is 1. The molecule has 2 aromatic heterocycles. The Morgan fingerprint density at radius 1 is 1.26 bits per heavy atom. The third-order valence-electron chi connectivity index (χ3n) is 3.03. The third kappa shape index (κ3) is 3.05. The molecule has 19 heavy (non-hydrogen) atoms. The quantitative estimate of drug-likeness (QED) is 0.863. The summed E-state index contributed by atoms with van der Waals surface area (Å²) in [6, 6.07) is 3.90. The molecule has 2 heterocycles. The summed E-state index contributed by atoms with van der Waals surface area (Å²) in [5, 5.41) is 3.29. The Labute approximate surface area is 112 Å². The van der Waals surface area contributed by atoms with Crippen molar-refractivity contribution in [1.82, 2.24) is 14.1 Å². The van der Waals surface area contributed by atoms with Gasteiger partial charge in [0, 0.05) is 37.2 Å². The first-order chi connectivity index (χ1) is 9.26. The SMILES string of the molecule is CCCNc1ncccc1Cn1ccn(CC)c1=O. The molecule has 0 radical (unpaired) electrons. The van der Waals surface area contributed by atoms with E-state index in [-0.39, 0.29) is 5.69 Å². The highest BCUT2D eigenvalue weighted by atomic mass is 16.1. The molecule has 0 aliphatic heterocycles. The van der Waals surface area contributed by atoms with Crippen molar-refractivity contribution in [2.45, 2.75) is 33.4 Å². The van der Waals surface area contributed by atoms with E-state index in [1.165, 1.54) is 0 Å². The van der Waals surface area contributed by atoms with Gasteiger partial charge >= 0.3 is 5.69 Å². The fourth-order valence-corrected chi connectivity index (χ4v) is 1.97. The predicted octanol–water partition coefficient (Wildman–Crippen LogP) is 1.93. The number of rotatable bonds is 6. The highest BCUT2D eigenvalue weighted by Crippen LogP contribution is 2.12. The van der Waals surface area contributed by atoms with Gasteiger partial charge in [-0.3, -0.25) is 9.13 Å². The van der Waals surface area contributed by atoms with Gasteiger partial charge in [0.2, 0.25) is 0 Å². The highest BCUT2D eigenvalue weighted by molar-refractivity contribution is 5.43. The van der Waals surface area contributed by atoms with E-state index in [1.807, 2.05) is 31.5 Å². The van der Waals surface area contributed by atoms with Gasteiger partial charge in [-0.05, 0) is 19.4 Å². The summed E-state index contributed by atoms with van der Waals surface area (Å²) in [6.45, 7) is 6.20. The molecule has 5 nitrogen and oxygen atoms in total. The monoisotopic (exact) mass is 260 g/mol. The Hall–Kier alpha value is -2.04. The molecule has 0 fully saturated rings. The summed E-state index contributed by atoms with van der Waals surface area (Å²) in [6.07, 6.45) is 6.45. The van der Waals surface area contributed by atoms with E-state index in [4.69, 9.17) is 0 Å². The van der Waals surface area contributed by atoms with Crippen LogP contribution in [-0.4, -0.2) is 20.7 Å². The molecular weight excluding hydrogens is 240 g/mol. The molecule has 0 unspecified atom stereocenters. The molecule has 2 aromatic rings. The van der Waals surface area contributed by atoms with Gasteiger partial charge in [-0.2, -0.15) is 0 Å². The van der Waals surface area contributed by atoms with Crippen LogP contribution >= 0.6 is 0 Å². The second-order valence-electron chi connectivity index (χ2n) is 4.43. The van der Waals surface area contributed by atoms with Crippen LogP contribution in [0.15, 0.2) is 35.5 Å². The van der Waals surface area contributed by atoms with Crippen LogP contribution in [0.3, 0.4) is 0 Å². The first-order valence-corrected chi connectivity index (χ1v) is 6.69. The number of imidazole rings is 1. The van der Waals surface area contributed by atoms with Crippen LogP contribution in [0.2, 0.25) is 0 Å². The van der Waals surface area contributed by atoms with E-state index in [1.54, 1.807) is 15.3 Å². The molecule has 0 saturated heterocycles. The lowest BCUT2D eigenvalue weighted by atomic mass is 10.2. The van der Waals surface area contributed by atoms with Gasteiger partial charge in [-0.1, -0.05) is 13.0 Å². The average Bonchev–Trinajstić information content (AvgIpc) is 2.79. The topological polar surface area (TPSA) is 51.9 Å². The zero-order valence-corrected chi connectivity index (χ0v) is 11.5. The van der Waals surface area contributed by atoms with E-state index >= 15 is 0 Å². The number of nitrogens with zero attached hydrogens (tertiary/aromatic N) is 3. The molecule has 0 bridgehead atoms. The molecule has 0 aliphatic rings. The maximum Gasteiger partial charge on any atom is 0.328 e. The van der Waals surface area contributed by atoms with Gasteiger partial charge in [0.15, 0.2) is 0 Å². The zero-order chi connectivity index (χ0) is 13.7. The Kier molecular flexibility index (Phi) is 4.39. The minimum absolute atomic E-state index is 0.0211. The fourth-order valence-electron chi connectivity index (χ4n) is 1.97. The maximum atomic E-state index is 12.0. The van der Waals surface area contributed by atoms with Crippen molar-refractivity contribution >= 4 is 5.82 Å². The second-order valence-corrected chi connectivity index (χ2v) is 4.43. The van der Waals surface area contributed by atoms with E-state index in [0.29, 0.717) is 13.1 Å². The largest absolute Gasteiger partial charge is 0.370 e. The zero-order valence-electron chi connectivity index (χ0n) is 11.5.